The van der Waals surface area contributed by atoms with Crippen LogP contribution in [0.3, 0.4) is 0 Å². The van der Waals surface area contributed by atoms with E-state index in [1.54, 1.807) is 19.2 Å². The molecule has 3 amide bonds. The van der Waals surface area contributed by atoms with Crippen molar-refractivity contribution in [3.8, 4) is 0 Å². The first-order chi connectivity index (χ1) is 15.9. The van der Waals surface area contributed by atoms with E-state index in [9.17, 15) is 19.5 Å². The summed E-state index contributed by atoms with van der Waals surface area (Å²) in [6, 6.07) is 3.71. The van der Waals surface area contributed by atoms with E-state index < -0.39 is 41.0 Å². The van der Waals surface area contributed by atoms with E-state index in [1.165, 1.54) is 4.90 Å². The lowest BCUT2D eigenvalue weighted by molar-refractivity contribution is -0.150. The summed E-state index contributed by atoms with van der Waals surface area (Å²) in [6.07, 6.45) is 0.458. The van der Waals surface area contributed by atoms with Crippen molar-refractivity contribution in [3.63, 3.8) is 0 Å². The zero-order valence-electron chi connectivity index (χ0n) is 20.5. The molecule has 186 valence electrons. The fourth-order valence-corrected chi connectivity index (χ4v) is 6.76. The molecule has 0 saturated carbocycles. The third-order valence-electron chi connectivity index (χ3n) is 8.31. The molecule has 2 bridgehead atoms. The number of aliphatic hydroxyl groups excluding tert-OH is 1. The highest BCUT2D eigenvalue weighted by Gasteiger charge is 2.80. The fourth-order valence-electron chi connectivity index (χ4n) is 6.49. The van der Waals surface area contributed by atoms with Gasteiger partial charge in [-0.15, -0.1) is 0 Å². The minimum Gasteiger partial charge on any atom is -0.394 e. The zero-order valence-corrected chi connectivity index (χ0v) is 21.3. The summed E-state index contributed by atoms with van der Waals surface area (Å²) < 4.78 is 6.63. The normalized spacial score (nSPS) is 35.0. The molecule has 3 unspecified atom stereocenters. The van der Waals surface area contributed by atoms with Gasteiger partial charge in [0.1, 0.15) is 11.6 Å². The average Bonchev–Trinajstić information content (AvgIpc) is 3.28. The minimum absolute atomic E-state index is 0.0530. The fraction of sp³-hybridized carbons (Fsp3) is 0.640. The second kappa shape index (κ2) is 8.50. The van der Waals surface area contributed by atoms with Crippen LogP contribution >= 0.6 is 11.6 Å². The molecule has 0 aromatic heterocycles. The summed E-state index contributed by atoms with van der Waals surface area (Å²) in [5.41, 5.74) is -0.795. The van der Waals surface area contributed by atoms with E-state index in [4.69, 9.17) is 16.3 Å². The van der Waals surface area contributed by atoms with Crippen LogP contribution in [0.1, 0.15) is 39.7 Å². The number of nitrogens with zero attached hydrogens (tertiary/aromatic N) is 1. The van der Waals surface area contributed by atoms with Gasteiger partial charge in [-0.05, 0) is 43.7 Å². The quantitative estimate of drug-likeness (QED) is 0.566. The minimum atomic E-state index is -1.18. The molecular weight excluding hydrogens is 458 g/mol. The summed E-state index contributed by atoms with van der Waals surface area (Å²) in [4.78, 5) is 42.5. The van der Waals surface area contributed by atoms with Crippen LogP contribution in [0.5, 0.6) is 0 Å². The van der Waals surface area contributed by atoms with Gasteiger partial charge < -0.3 is 25.4 Å². The molecular formula is C25H34ClN3O5. The number of hydrogen-bond donors (Lipinski definition) is 3. The number of halogens is 1. The van der Waals surface area contributed by atoms with Crippen molar-refractivity contribution in [2.24, 2.45) is 23.7 Å². The Kier molecular flexibility index (Phi) is 6.24. The van der Waals surface area contributed by atoms with Gasteiger partial charge >= 0.3 is 0 Å². The number of fused-ring (bicyclic) bond motifs is 1. The SMILES string of the molecule is CNC(=O)[C@H]1[C@H]2C(=O)N([C@@H](CO)C(C)C)C(C(=O)Nc3c(C)cccc3Cl)C23CC(C)[C@]1(C)O3. The highest BCUT2D eigenvalue weighted by Crippen LogP contribution is 2.65. The molecule has 0 radical (unpaired) electrons. The predicted molar refractivity (Wildman–Crippen MR) is 128 cm³/mol. The molecule has 3 saturated heterocycles. The number of rotatable bonds is 6. The first-order valence-corrected chi connectivity index (χ1v) is 12.2. The molecule has 4 rings (SSSR count). The number of hydrogen-bond acceptors (Lipinski definition) is 5. The van der Waals surface area contributed by atoms with Crippen molar-refractivity contribution in [1.82, 2.24) is 10.2 Å². The molecule has 3 aliphatic rings. The van der Waals surface area contributed by atoms with Crippen LogP contribution in [0, 0.1) is 30.6 Å². The van der Waals surface area contributed by atoms with E-state index >= 15 is 0 Å². The number of ether oxygens (including phenoxy) is 1. The summed E-state index contributed by atoms with van der Waals surface area (Å²) in [6.45, 7) is 9.18. The van der Waals surface area contributed by atoms with Gasteiger partial charge in [-0.25, -0.2) is 0 Å². The van der Waals surface area contributed by atoms with Gasteiger partial charge in [-0.2, -0.15) is 0 Å². The number of aryl methyl sites for hydroxylation is 1. The van der Waals surface area contributed by atoms with Crippen molar-refractivity contribution in [3.05, 3.63) is 28.8 Å². The zero-order chi connectivity index (χ0) is 25.2. The van der Waals surface area contributed by atoms with Crippen molar-refractivity contribution in [2.75, 3.05) is 19.0 Å². The number of para-hydroxylation sites is 1. The molecule has 3 heterocycles. The van der Waals surface area contributed by atoms with Gasteiger partial charge in [-0.3, -0.25) is 14.4 Å². The third kappa shape index (κ3) is 3.29. The Morgan fingerprint density at radius 2 is 2.00 bits per heavy atom. The highest BCUT2D eigenvalue weighted by molar-refractivity contribution is 6.34. The van der Waals surface area contributed by atoms with E-state index in [2.05, 4.69) is 10.6 Å². The molecule has 9 heteroatoms. The maximum Gasteiger partial charge on any atom is 0.250 e. The smallest absolute Gasteiger partial charge is 0.250 e. The number of amides is 3. The van der Waals surface area contributed by atoms with Crippen LogP contribution in [-0.4, -0.2) is 64.7 Å². The summed E-state index contributed by atoms with van der Waals surface area (Å²) in [7, 11) is 1.54. The number of carbonyl (C=O) groups is 3. The summed E-state index contributed by atoms with van der Waals surface area (Å²) >= 11 is 6.38. The number of aliphatic hydroxyl groups is 1. The lowest BCUT2D eigenvalue weighted by Crippen LogP contribution is -2.57. The van der Waals surface area contributed by atoms with Crippen LogP contribution in [0.2, 0.25) is 5.02 Å². The molecule has 3 fully saturated rings. The molecule has 7 atom stereocenters. The van der Waals surface area contributed by atoms with Crippen molar-refractivity contribution < 1.29 is 24.2 Å². The number of benzene rings is 1. The first kappa shape index (κ1) is 24.9. The predicted octanol–water partition coefficient (Wildman–Crippen LogP) is 2.36. The topological polar surface area (TPSA) is 108 Å². The van der Waals surface area contributed by atoms with Crippen molar-refractivity contribution in [1.29, 1.82) is 0 Å². The molecule has 8 nitrogen and oxygen atoms in total. The molecule has 34 heavy (non-hydrogen) atoms. The summed E-state index contributed by atoms with van der Waals surface area (Å²) in [5, 5.41) is 16.3. The van der Waals surface area contributed by atoms with Crippen molar-refractivity contribution in [2.45, 2.75) is 64.3 Å². The Morgan fingerprint density at radius 3 is 2.56 bits per heavy atom. The maximum atomic E-state index is 14.0. The monoisotopic (exact) mass is 491 g/mol. The van der Waals surface area contributed by atoms with E-state index in [0.29, 0.717) is 17.1 Å². The Morgan fingerprint density at radius 1 is 1.32 bits per heavy atom. The second-order valence-corrected chi connectivity index (χ2v) is 10.9. The van der Waals surface area contributed by atoms with Gasteiger partial charge in [0, 0.05) is 7.05 Å². The first-order valence-electron chi connectivity index (χ1n) is 11.8. The molecule has 3 aliphatic heterocycles. The van der Waals surface area contributed by atoms with Crippen molar-refractivity contribution >= 4 is 35.0 Å². The number of nitrogens with one attached hydrogen (secondary N) is 2. The molecule has 1 aromatic rings. The van der Waals surface area contributed by atoms with Crippen LogP contribution < -0.4 is 10.6 Å². The highest BCUT2D eigenvalue weighted by atomic mass is 35.5. The van der Waals surface area contributed by atoms with Gasteiger partial charge in [-0.1, -0.05) is 44.5 Å². The molecule has 1 spiro atoms. The molecule has 3 N–H and O–H groups in total. The molecule has 0 aliphatic carbocycles. The largest absolute Gasteiger partial charge is 0.394 e. The lowest BCUT2D eigenvalue weighted by Gasteiger charge is -2.38. The Labute approximate surface area is 205 Å². The summed E-state index contributed by atoms with van der Waals surface area (Å²) in [5.74, 6) is -2.75. The number of anilines is 1. The van der Waals surface area contributed by atoms with Gasteiger partial charge in [0.2, 0.25) is 17.7 Å². The Balaban J connectivity index is 1.85. The second-order valence-electron chi connectivity index (χ2n) is 10.5. The molecule has 1 aromatic carbocycles. The lowest BCUT2D eigenvalue weighted by atomic mass is 9.62. The van der Waals surface area contributed by atoms with E-state index in [-0.39, 0.29) is 30.3 Å². The standard InChI is InChI=1S/C25H34ClN3O5/c1-12(2)16(11-30)29-20(22(32)28-19-13(3)8-7-9-15(19)26)25-10-14(4)24(5,34-25)17(21(31)27-6)18(25)23(29)33/h7-9,12,14,16-18,20,30H,10-11H2,1-6H3,(H,27,31)(H,28,32)/t14?,16-,17+,18-,20?,24-,25?/m0/s1. The Bertz CT molecular complexity index is 1010. The van der Waals surface area contributed by atoms with Gasteiger partial charge in [0.05, 0.1) is 40.8 Å². The van der Waals surface area contributed by atoms with Crippen LogP contribution in [0.25, 0.3) is 0 Å². The third-order valence-corrected chi connectivity index (χ3v) is 8.63. The van der Waals surface area contributed by atoms with E-state index in [0.717, 1.165) is 5.56 Å². The average molecular weight is 492 g/mol. The van der Waals surface area contributed by atoms with Gasteiger partial charge in [0.25, 0.3) is 0 Å². The van der Waals surface area contributed by atoms with Crippen LogP contribution in [-0.2, 0) is 19.1 Å². The number of likely N-dealkylation sites (tertiary alicyclic amines) is 1. The number of carbonyl (C=O) groups excluding carboxylic acids is 3. The van der Waals surface area contributed by atoms with Crippen LogP contribution in [0.4, 0.5) is 5.69 Å². The van der Waals surface area contributed by atoms with E-state index in [1.807, 2.05) is 40.7 Å². The van der Waals surface area contributed by atoms with Gasteiger partial charge in [0.15, 0.2) is 0 Å². The Hall–Kier alpha value is -2.16. The maximum absolute atomic E-state index is 14.0. The van der Waals surface area contributed by atoms with Crippen LogP contribution in [0.15, 0.2) is 18.2 Å².